The number of hydrogen-bond donors (Lipinski definition) is 1. The molecule has 2 aromatic rings. The van der Waals surface area contributed by atoms with Gasteiger partial charge in [-0.1, -0.05) is 37.3 Å². The Kier molecular flexibility index (Phi) is 6.24. The van der Waals surface area contributed by atoms with Gasteiger partial charge in [0.05, 0.1) is 13.2 Å². The normalized spacial score (nSPS) is 13.0. The van der Waals surface area contributed by atoms with E-state index in [1.54, 1.807) is 14.0 Å². The maximum Gasteiger partial charge on any atom is 0.261 e. The van der Waals surface area contributed by atoms with Crippen molar-refractivity contribution >= 4 is 5.91 Å². The molecule has 0 saturated heterocycles. The number of amides is 1. The van der Waals surface area contributed by atoms with E-state index in [4.69, 9.17) is 9.47 Å². The smallest absolute Gasteiger partial charge is 0.261 e. The molecule has 0 unspecified atom stereocenters. The second-order valence-corrected chi connectivity index (χ2v) is 5.77. The van der Waals surface area contributed by atoms with Gasteiger partial charge in [0.15, 0.2) is 6.10 Å². The number of aryl methyl sites for hydroxylation is 1. The second kappa shape index (κ2) is 8.39. The minimum Gasteiger partial charge on any atom is -0.497 e. The van der Waals surface area contributed by atoms with Crippen LogP contribution in [0.1, 0.15) is 37.4 Å². The number of para-hydroxylation sites is 1. The lowest BCUT2D eigenvalue weighted by Gasteiger charge is -2.21. The molecule has 0 aliphatic carbocycles. The van der Waals surface area contributed by atoms with Crippen LogP contribution in [0.4, 0.5) is 0 Å². The second-order valence-electron chi connectivity index (χ2n) is 5.77. The number of ether oxygens (including phenoxy) is 2. The molecule has 1 amide bonds. The molecule has 0 aromatic heterocycles. The quantitative estimate of drug-likeness (QED) is 0.835. The standard InChI is InChI=1S/C20H25NO3/c1-5-18(16-10-12-17(23-4)13-11-16)21-20(22)15(3)24-19-9-7-6-8-14(19)2/h6-13,15,18H,5H2,1-4H3,(H,21,22)/t15-,18+/m0/s1. The summed E-state index contributed by atoms with van der Waals surface area (Å²) in [5.41, 5.74) is 2.06. The number of methoxy groups -OCH3 is 1. The summed E-state index contributed by atoms with van der Waals surface area (Å²) in [6.07, 6.45) is 0.244. The summed E-state index contributed by atoms with van der Waals surface area (Å²) >= 11 is 0. The largest absolute Gasteiger partial charge is 0.497 e. The molecule has 0 radical (unpaired) electrons. The van der Waals surface area contributed by atoms with Crippen LogP contribution in [0.15, 0.2) is 48.5 Å². The van der Waals surface area contributed by atoms with Crippen LogP contribution in [-0.4, -0.2) is 19.1 Å². The SMILES string of the molecule is CC[C@@H](NC(=O)[C@H](C)Oc1ccccc1C)c1ccc(OC)cc1. The van der Waals surface area contributed by atoms with Crippen LogP contribution in [0.3, 0.4) is 0 Å². The summed E-state index contributed by atoms with van der Waals surface area (Å²) in [5.74, 6) is 1.41. The topological polar surface area (TPSA) is 47.6 Å². The molecular formula is C20H25NO3. The molecular weight excluding hydrogens is 302 g/mol. The third kappa shape index (κ3) is 4.51. The average Bonchev–Trinajstić information content (AvgIpc) is 2.61. The van der Waals surface area contributed by atoms with Gasteiger partial charge in [-0.05, 0) is 49.6 Å². The van der Waals surface area contributed by atoms with E-state index in [2.05, 4.69) is 5.32 Å². The molecule has 0 fully saturated rings. The fourth-order valence-electron chi connectivity index (χ4n) is 2.48. The fraction of sp³-hybridized carbons (Fsp3) is 0.350. The zero-order valence-corrected chi connectivity index (χ0v) is 14.7. The van der Waals surface area contributed by atoms with E-state index in [0.717, 1.165) is 29.0 Å². The maximum atomic E-state index is 12.5. The molecule has 128 valence electrons. The van der Waals surface area contributed by atoms with Gasteiger partial charge in [-0.25, -0.2) is 0 Å². The number of carbonyl (C=O) groups excluding carboxylic acids is 1. The van der Waals surface area contributed by atoms with E-state index in [0.29, 0.717) is 0 Å². The van der Waals surface area contributed by atoms with Crippen molar-refractivity contribution in [2.45, 2.75) is 39.3 Å². The monoisotopic (exact) mass is 327 g/mol. The van der Waals surface area contributed by atoms with E-state index in [1.165, 1.54) is 0 Å². The Bertz CT molecular complexity index is 667. The van der Waals surface area contributed by atoms with Crippen molar-refractivity contribution in [1.82, 2.24) is 5.32 Å². The predicted octanol–water partition coefficient (Wildman–Crippen LogP) is 4.04. The number of hydrogen-bond acceptors (Lipinski definition) is 3. The molecule has 4 heteroatoms. The molecule has 1 N–H and O–H groups in total. The van der Waals surface area contributed by atoms with Crippen LogP contribution in [0.5, 0.6) is 11.5 Å². The van der Waals surface area contributed by atoms with Gasteiger partial charge in [0, 0.05) is 0 Å². The van der Waals surface area contributed by atoms with Crippen molar-refractivity contribution in [2.75, 3.05) is 7.11 Å². The molecule has 2 atom stereocenters. The van der Waals surface area contributed by atoms with Gasteiger partial charge in [0.1, 0.15) is 11.5 Å². The molecule has 0 aliphatic rings. The molecule has 2 rings (SSSR count). The van der Waals surface area contributed by atoms with Crippen LogP contribution in [0, 0.1) is 6.92 Å². The highest BCUT2D eigenvalue weighted by Crippen LogP contribution is 2.21. The van der Waals surface area contributed by atoms with Crippen LogP contribution in [0.25, 0.3) is 0 Å². The van der Waals surface area contributed by atoms with Crippen molar-refractivity contribution < 1.29 is 14.3 Å². The molecule has 24 heavy (non-hydrogen) atoms. The predicted molar refractivity (Wildman–Crippen MR) is 95.4 cm³/mol. The lowest BCUT2D eigenvalue weighted by Crippen LogP contribution is -2.38. The number of carbonyl (C=O) groups is 1. The van der Waals surface area contributed by atoms with E-state index in [-0.39, 0.29) is 11.9 Å². The Hall–Kier alpha value is -2.49. The summed E-state index contributed by atoms with van der Waals surface area (Å²) in [7, 11) is 1.64. The van der Waals surface area contributed by atoms with Crippen LogP contribution in [-0.2, 0) is 4.79 Å². The summed E-state index contributed by atoms with van der Waals surface area (Å²) in [5, 5.41) is 3.06. The molecule has 0 saturated carbocycles. The van der Waals surface area contributed by atoms with Gasteiger partial charge in [-0.15, -0.1) is 0 Å². The molecule has 0 heterocycles. The summed E-state index contributed by atoms with van der Waals surface area (Å²) < 4.78 is 11.0. The molecule has 0 bridgehead atoms. The third-order valence-corrected chi connectivity index (χ3v) is 4.01. The Balaban J connectivity index is 2.01. The minimum absolute atomic E-state index is 0.0497. The number of rotatable bonds is 7. The Labute approximate surface area is 143 Å². The van der Waals surface area contributed by atoms with E-state index < -0.39 is 6.10 Å². The van der Waals surface area contributed by atoms with E-state index in [1.807, 2.05) is 62.4 Å². The van der Waals surface area contributed by atoms with Crippen LogP contribution in [0.2, 0.25) is 0 Å². The zero-order valence-electron chi connectivity index (χ0n) is 14.7. The van der Waals surface area contributed by atoms with Crippen molar-refractivity contribution in [3.05, 3.63) is 59.7 Å². The Morgan fingerprint density at radius 1 is 1.12 bits per heavy atom. The van der Waals surface area contributed by atoms with Crippen molar-refractivity contribution in [1.29, 1.82) is 0 Å². The lowest BCUT2D eigenvalue weighted by atomic mass is 10.0. The number of benzene rings is 2. The Morgan fingerprint density at radius 3 is 2.38 bits per heavy atom. The van der Waals surface area contributed by atoms with E-state index >= 15 is 0 Å². The van der Waals surface area contributed by atoms with Crippen LogP contribution < -0.4 is 14.8 Å². The highest BCUT2D eigenvalue weighted by atomic mass is 16.5. The molecule has 2 aromatic carbocycles. The zero-order chi connectivity index (χ0) is 17.5. The summed E-state index contributed by atoms with van der Waals surface area (Å²) in [4.78, 5) is 12.5. The van der Waals surface area contributed by atoms with Gasteiger partial charge in [-0.2, -0.15) is 0 Å². The number of nitrogens with one attached hydrogen (secondary N) is 1. The van der Waals surface area contributed by atoms with Crippen molar-refractivity contribution in [3.8, 4) is 11.5 Å². The van der Waals surface area contributed by atoms with Crippen molar-refractivity contribution in [2.24, 2.45) is 0 Å². The fourth-order valence-corrected chi connectivity index (χ4v) is 2.48. The highest BCUT2D eigenvalue weighted by Gasteiger charge is 2.19. The molecule has 0 spiro atoms. The van der Waals surface area contributed by atoms with Gasteiger partial charge >= 0.3 is 0 Å². The summed E-state index contributed by atoms with van der Waals surface area (Å²) in [6.45, 7) is 5.77. The molecule has 4 nitrogen and oxygen atoms in total. The van der Waals surface area contributed by atoms with E-state index in [9.17, 15) is 4.79 Å². The first-order chi connectivity index (χ1) is 11.5. The van der Waals surface area contributed by atoms with Crippen LogP contribution >= 0.6 is 0 Å². The van der Waals surface area contributed by atoms with Crippen molar-refractivity contribution in [3.63, 3.8) is 0 Å². The van der Waals surface area contributed by atoms with Gasteiger partial charge in [0.2, 0.25) is 0 Å². The molecule has 0 aliphatic heterocycles. The third-order valence-electron chi connectivity index (χ3n) is 4.01. The average molecular weight is 327 g/mol. The lowest BCUT2D eigenvalue weighted by molar-refractivity contribution is -0.128. The Morgan fingerprint density at radius 2 is 1.79 bits per heavy atom. The first kappa shape index (κ1) is 17.9. The first-order valence-corrected chi connectivity index (χ1v) is 8.21. The highest BCUT2D eigenvalue weighted by molar-refractivity contribution is 5.81. The van der Waals surface area contributed by atoms with Gasteiger partial charge in [0.25, 0.3) is 5.91 Å². The summed E-state index contributed by atoms with van der Waals surface area (Å²) in [6, 6.07) is 15.4. The maximum absolute atomic E-state index is 12.5. The minimum atomic E-state index is -0.557. The van der Waals surface area contributed by atoms with Gasteiger partial charge in [-0.3, -0.25) is 4.79 Å². The first-order valence-electron chi connectivity index (χ1n) is 8.21. The van der Waals surface area contributed by atoms with Gasteiger partial charge < -0.3 is 14.8 Å².